The summed E-state index contributed by atoms with van der Waals surface area (Å²) in [5.41, 5.74) is 1.37. The van der Waals surface area contributed by atoms with Gasteiger partial charge < -0.3 is 4.74 Å². The van der Waals surface area contributed by atoms with Crippen molar-refractivity contribution in [1.82, 2.24) is 0 Å². The van der Waals surface area contributed by atoms with Crippen molar-refractivity contribution in [2.45, 2.75) is 18.7 Å². The van der Waals surface area contributed by atoms with Crippen LogP contribution in [-0.4, -0.2) is 7.11 Å². The summed E-state index contributed by atoms with van der Waals surface area (Å²) in [6, 6.07) is 4.35. The molecule has 86 valence electrons. The topological polar surface area (TPSA) is 9.23 Å². The van der Waals surface area contributed by atoms with Gasteiger partial charge in [-0.25, -0.2) is 0 Å². The highest BCUT2D eigenvalue weighted by Crippen LogP contribution is 2.40. The Hall–Kier alpha value is -0.320. The van der Waals surface area contributed by atoms with Crippen LogP contribution in [-0.2, 0) is 0 Å². The Balaban J connectivity index is 2.31. The van der Waals surface area contributed by atoms with Crippen molar-refractivity contribution in [1.29, 1.82) is 0 Å². The maximum Gasteiger partial charge on any atom is 0.129 e. The molecular weight excluding hydrogens is 304 g/mol. The van der Waals surface area contributed by atoms with E-state index >= 15 is 0 Å². The van der Waals surface area contributed by atoms with Gasteiger partial charge in [-0.15, -0.1) is 22.7 Å². The smallest absolute Gasteiger partial charge is 0.129 e. The van der Waals surface area contributed by atoms with E-state index in [0.717, 1.165) is 5.75 Å². The summed E-state index contributed by atoms with van der Waals surface area (Å²) < 4.78 is 5.21. The summed E-state index contributed by atoms with van der Waals surface area (Å²) in [7, 11) is 1.70. The van der Waals surface area contributed by atoms with Gasteiger partial charge in [0.25, 0.3) is 0 Å². The van der Waals surface area contributed by atoms with Gasteiger partial charge >= 0.3 is 0 Å². The van der Waals surface area contributed by atoms with Gasteiger partial charge in [0, 0.05) is 20.0 Å². The van der Waals surface area contributed by atoms with Gasteiger partial charge in [0.15, 0.2) is 0 Å². The van der Waals surface area contributed by atoms with Crippen LogP contribution < -0.4 is 4.74 Å². The first-order chi connectivity index (χ1) is 7.61. The van der Waals surface area contributed by atoms with E-state index in [-0.39, 0.29) is 4.83 Å². The van der Waals surface area contributed by atoms with E-state index in [0.29, 0.717) is 0 Å². The molecule has 0 aliphatic carbocycles. The molecule has 1 nitrogen and oxygen atoms in total. The predicted octanol–water partition coefficient (Wildman–Crippen LogP) is 4.92. The standard InChI is InChI=1S/C12H13BrOS2/c1-7-4-10(8(2)16-7)12(13)11-5-9(14-3)6-15-11/h4-6,12H,1-3H3. The second-order valence-corrected chi connectivity index (χ2v) is 6.94. The van der Waals surface area contributed by atoms with Crippen LogP contribution in [0, 0.1) is 13.8 Å². The fourth-order valence-corrected chi connectivity index (χ4v) is 4.52. The molecule has 2 rings (SSSR count). The number of thiophene rings is 2. The Morgan fingerprint density at radius 2 is 2.06 bits per heavy atom. The monoisotopic (exact) mass is 316 g/mol. The summed E-state index contributed by atoms with van der Waals surface area (Å²) in [6.45, 7) is 4.32. The number of rotatable bonds is 3. The highest BCUT2D eigenvalue weighted by molar-refractivity contribution is 9.09. The van der Waals surface area contributed by atoms with Crippen molar-refractivity contribution in [3.8, 4) is 5.75 Å². The van der Waals surface area contributed by atoms with E-state index in [2.05, 4.69) is 41.9 Å². The molecule has 0 amide bonds. The van der Waals surface area contributed by atoms with Crippen LogP contribution in [0.1, 0.15) is 25.0 Å². The molecule has 0 aliphatic rings. The van der Waals surface area contributed by atoms with E-state index in [9.17, 15) is 0 Å². The molecule has 1 atom stereocenters. The quantitative estimate of drug-likeness (QED) is 0.730. The number of methoxy groups -OCH3 is 1. The Morgan fingerprint density at radius 3 is 2.56 bits per heavy atom. The third-order valence-electron chi connectivity index (χ3n) is 2.43. The van der Waals surface area contributed by atoms with Crippen molar-refractivity contribution >= 4 is 38.6 Å². The molecule has 4 heteroatoms. The van der Waals surface area contributed by atoms with E-state index in [4.69, 9.17) is 4.74 Å². The second kappa shape index (κ2) is 4.90. The highest BCUT2D eigenvalue weighted by Gasteiger charge is 2.17. The molecule has 0 saturated heterocycles. The highest BCUT2D eigenvalue weighted by atomic mass is 79.9. The summed E-state index contributed by atoms with van der Waals surface area (Å²) in [4.78, 5) is 4.32. The molecule has 2 aromatic heterocycles. The number of aryl methyl sites for hydroxylation is 2. The number of hydrogen-bond donors (Lipinski definition) is 0. The molecule has 0 fully saturated rings. The third kappa shape index (κ3) is 2.34. The average Bonchev–Trinajstić information content (AvgIpc) is 2.84. The Labute approximate surface area is 112 Å². The lowest BCUT2D eigenvalue weighted by Gasteiger charge is -2.06. The van der Waals surface area contributed by atoms with Gasteiger partial charge in [0.05, 0.1) is 11.9 Å². The van der Waals surface area contributed by atoms with Crippen LogP contribution in [0.15, 0.2) is 17.5 Å². The van der Waals surface area contributed by atoms with Crippen molar-refractivity contribution in [3.05, 3.63) is 37.7 Å². The molecule has 1 unspecified atom stereocenters. The summed E-state index contributed by atoms with van der Waals surface area (Å²) in [5.74, 6) is 0.939. The lowest BCUT2D eigenvalue weighted by atomic mass is 10.1. The Bertz CT molecular complexity index is 487. The fraction of sp³-hybridized carbons (Fsp3) is 0.333. The summed E-state index contributed by atoms with van der Waals surface area (Å²) >= 11 is 7.34. The summed E-state index contributed by atoms with van der Waals surface area (Å²) in [5, 5.41) is 2.04. The van der Waals surface area contributed by atoms with Crippen LogP contribution in [0.25, 0.3) is 0 Å². The minimum absolute atomic E-state index is 0.284. The van der Waals surface area contributed by atoms with Gasteiger partial charge in [-0.1, -0.05) is 15.9 Å². The maximum absolute atomic E-state index is 5.21. The van der Waals surface area contributed by atoms with Crippen molar-refractivity contribution in [3.63, 3.8) is 0 Å². The van der Waals surface area contributed by atoms with E-state index < -0.39 is 0 Å². The first kappa shape index (κ1) is 12.1. The predicted molar refractivity (Wildman–Crippen MR) is 75.4 cm³/mol. The van der Waals surface area contributed by atoms with Crippen molar-refractivity contribution in [2.24, 2.45) is 0 Å². The molecule has 0 saturated carbocycles. The van der Waals surface area contributed by atoms with Crippen LogP contribution in [0.3, 0.4) is 0 Å². The lowest BCUT2D eigenvalue weighted by molar-refractivity contribution is 0.416. The number of ether oxygens (including phenoxy) is 1. The molecular formula is C12H13BrOS2. The first-order valence-electron chi connectivity index (χ1n) is 4.95. The van der Waals surface area contributed by atoms with Gasteiger partial charge in [0.1, 0.15) is 5.75 Å². The fourth-order valence-electron chi connectivity index (χ4n) is 1.63. The minimum Gasteiger partial charge on any atom is -0.496 e. The first-order valence-corrected chi connectivity index (χ1v) is 7.56. The molecule has 0 N–H and O–H groups in total. The molecule has 0 radical (unpaired) electrons. The zero-order chi connectivity index (χ0) is 11.7. The normalized spacial score (nSPS) is 12.8. The van der Waals surface area contributed by atoms with Crippen LogP contribution in [0.2, 0.25) is 0 Å². The molecule has 2 aromatic rings. The molecule has 16 heavy (non-hydrogen) atoms. The van der Waals surface area contributed by atoms with Crippen LogP contribution in [0.5, 0.6) is 5.75 Å². The Morgan fingerprint density at radius 1 is 1.31 bits per heavy atom. The van der Waals surface area contributed by atoms with Gasteiger partial charge in [-0.2, -0.15) is 0 Å². The lowest BCUT2D eigenvalue weighted by Crippen LogP contribution is -1.88. The molecule has 2 heterocycles. The zero-order valence-electron chi connectivity index (χ0n) is 9.41. The third-order valence-corrected chi connectivity index (χ3v) is 5.68. The molecule has 0 aromatic carbocycles. The van der Waals surface area contributed by atoms with Gasteiger partial charge in [-0.3, -0.25) is 0 Å². The van der Waals surface area contributed by atoms with Gasteiger partial charge in [-0.05, 0) is 31.5 Å². The largest absolute Gasteiger partial charge is 0.496 e. The molecule has 0 aliphatic heterocycles. The van der Waals surface area contributed by atoms with Crippen LogP contribution >= 0.6 is 38.6 Å². The molecule has 0 spiro atoms. The zero-order valence-corrected chi connectivity index (χ0v) is 12.6. The summed E-state index contributed by atoms with van der Waals surface area (Å²) in [6.07, 6.45) is 0. The molecule has 0 bridgehead atoms. The van der Waals surface area contributed by atoms with E-state index in [1.807, 2.05) is 16.7 Å². The maximum atomic E-state index is 5.21. The number of halogens is 1. The van der Waals surface area contributed by atoms with Gasteiger partial charge in [0.2, 0.25) is 0 Å². The van der Waals surface area contributed by atoms with Crippen LogP contribution in [0.4, 0.5) is 0 Å². The second-order valence-electron chi connectivity index (χ2n) is 3.62. The average molecular weight is 317 g/mol. The Kier molecular flexibility index (Phi) is 3.72. The van der Waals surface area contributed by atoms with Crippen molar-refractivity contribution < 1.29 is 4.74 Å². The van der Waals surface area contributed by atoms with E-state index in [1.54, 1.807) is 18.4 Å². The number of alkyl halides is 1. The van der Waals surface area contributed by atoms with Crippen molar-refractivity contribution in [2.75, 3.05) is 7.11 Å². The SMILES string of the molecule is COc1csc(C(Br)c2cc(C)sc2C)c1. The van der Waals surface area contributed by atoms with E-state index in [1.165, 1.54) is 20.2 Å². The number of hydrogen-bond acceptors (Lipinski definition) is 3. The minimum atomic E-state index is 0.284.